The van der Waals surface area contributed by atoms with Crippen molar-refractivity contribution in [3.63, 3.8) is 0 Å². The molecule has 1 aliphatic rings. The predicted octanol–water partition coefficient (Wildman–Crippen LogP) is 10.2. The predicted molar refractivity (Wildman–Crippen MR) is 177 cm³/mol. The summed E-state index contributed by atoms with van der Waals surface area (Å²) in [6, 6.07) is 53.6. The molecule has 2 aromatic heterocycles. The first-order valence-corrected chi connectivity index (χ1v) is 14.6. The minimum atomic E-state index is 0.716. The topological polar surface area (TPSA) is 30.7 Å². The number of rotatable bonds is 3. The number of para-hydroxylation sites is 3. The Bertz CT molecular complexity index is 2280. The Labute approximate surface area is 249 Å². The molecule has 0 saturated heterocycles. The van der Waals surface area contributed by atoms with Crippen LogP contribution in [0.1, 0.15) is 0 Å². The van der Waals surface area contributed by atoms with E-state index in [0.29, 0.717) is 5.82 Å². The van der Waals surface area contributed by atoms with Crippen LogP contribution < -0.4 is 0 Å². The Morgan fingerprint density at radius 2 is 1.02 bits per heavy atom. The van der Waals surface area contributed by atoms with Crippen molar-refractivity contribution < 1.29 is 0 Å². The fourth-order valence-corrected chi connectivity index (χ4v) is 6.61. The van der Waals surface area contributed by atoms with Gasteiger partial charge in [0, 0.05) is 38.6 Å². The molecular formula is C40H25N3. The second-order valence-corrected chi connectivity index (χ2v) is 11.0. The van der Waals surface area contributed by atoms with Gasteiger partial charge in [0.2, 0.25) is 0 Å². The van der Waals surface area contributed by atoms with E-state index >= 15 is 0 Å². The molecule has 0 aliphatic carbocycles. The van der Waals surface area contributed by atoms with Crippen LogP contribution >= 0.6 is 0 Å². The van der Waals surface area contributed by atoms with Gasteiger partial charge < -0.3 is 4.57 Å². The van der Waals surface area contributed by atoms with Gasteiger partial charge in [0.25, 0.3) is 0 Å². The summed E-state index contributed by atoms with van der Waals surface area (Å²) in [4.78, 5) is 10.3. The summed E-state index contributed by atoms with van der Waals surface area (Å²) in [6.45, 7) is 0. The Morgan fingerprint density at radius 3 is 1.79 bits per heavy atom. The van der Waals surface area contributed by atoms with Crippen LogP contribution in [0.2, 0.25) is 0 Å². The molecule has 3 nitrogen and oxygen atoms in total. The van der Waals surface area contributed by atoms with Gasteiger partial charge in [-0.1, -0.05) is 127 Å². The molecule has 0 spiro atoms. The maximum atomic E-state index is 5.13. The van der Waals surface area contributed by atoms with E-state index in [1.807, 2.05) is 12.1 Å². The Balaban J connectivity index is 1.33. The van der Waals surface area contributed by atoms with Crippen LogP contribution in [0, 0.1) is 0 Å². The minimum Gasteiger partial charge on any atom is -0.308 e. The molecule has 3 heterocycles. The van der Waals surface area contributed by atoms with Gasteiger partial charge in [-0.2, -0.15) is 0 Å². The zero-order valence-electron chi connectivity index (χ0n) is 23.3. The van der Waals surface area contributed by atoms with Gasteiger partial charge in [-0.05, 0) is 35.4 Å². The largest absolute Gasteiger partial charge is 0.308 e. The van der Waals surface area contributed by atoms with E-state index in [1.54, 1.807) is 0 Å². The lowest BCUT2D eigenvalue weighted by Gasteiger charge is -2.14. The molecule has 43 heavy (non-hydrogen) atoms. The van der Waals surface area contributed by atoms with E-state index in [0.717, 1.165) is 28.1 Å². The molecule has 8 aromatic rings. The van der Waals surface area contributed by atoms with E-state index < -0.39 is 0 Å². The van der Waals surface area contributed by atoms with Gasteiger partial charge in [0.15, 0.2) is 5.82 Å². The third-order valence-electron chi connectivity index (χ3n) is 8.56. The molecule has 0 bridgehead atoms. The van der Waals surface area contributed by atoms with E-state index in [9.17, 15) is 0 Å². The number of hydrogen-bond acceptors (Lipinski definition) is 2. The molecule has 0 fully saturated rings. The highest BCUT2D eigenvalue weighted by atomic mass is 15.0. The zero-order valence-corrected chi connectivity index (χ0v) is 23.3. The van der Waals surface area contributed by atoms with Crippen molar-refractivity contribution >= 4 is 21.8 Å². The van der Waals surface area contributed by atoms with Crippen LogP contribution in [0.4, 0.5) is 0 Å². The van der Waals surface area contributed by atoms with Crippen molar-refractivity contribution in [3.8, 4) is 61.8 Å². The lowest BCUT2D eigenvalue weighted by Crippen LogP contribution is -1.97. The van der Waals surface area contributed by atoms with Crippen LogP contribution in [0.15, 0.2) is 152 Å². The molecule has 0 N–H and O–H groups in total. The van der Waals surface area contributed by atoms with Gasteiger partial charge in [-0.25, -0.2) is 9.97 Å². The van der Waals surface area contributed by atoms with Gasteiger partial charge >= 0.3 is 0 Å². The van der Waals surface area contributed by atoms with E-state index in [-0.39, 0.29) is 0 Å². The number of hydrogen-bond donors (Lipinski definition) is 0. The van der Waals surface area contributed by atoms with E-state index in [2.05, 4.69) is 144 Å². The van der Waals surface area contributed by atoms with Crippen molar-refractivity contribution in [1.29, 1.82) is 0 Å². The quantitative estimate of drug-likeness (QED) is 0.220. The smallest absolute Gasteiger partial charge is 0.160 e. The Morgan fingerprint density at radius 1 is 0.395 bits per heavy atom. The standard InChI is InChI=1S/C40H25N3/c1-3-12-26(13-4-1)35-25-36(27-14-5-2-6-15-27)42-40(41-35)28-22-23-29-30-16-7-9-20-37(30)43-38-21-10-8-17-31(38)32-18-11-19-33(39(32)43)34(29)24-28/h1-25H. The van der Waals surface area contributed by atoms with Crippen LogP contribution in [-0.4, -0.2) is 14.5 Å². The maximum absolute atomic E-state index is 5.13. The maximum Gasteiger partial charge on any atom is 0.160 e. The molecule has 0 radical (unpaired) electrons. The van der Waals surface area contributed by atoms with Gasteiger partial charge in [0.1, 0.15) is 0 Å². The lowest BCUT2D eigenvalue weighted by atomic mass is 9.92. The summed E-state index contributed by atoms with van der Waals surface area (Å²) in [6.07, 6.45) is 0. The molecule has 6 aromatic carbocycles. The first-order valence-electron chi connectivity index (χ1n) is 14.6. The number of fused-ring (bicyclic) bond motifs is 8. The average molecular weight is 548 g/mol. The molecule has 3 heteroatoms. The zero-order chi connectivity index (χ0) is 28.3. The van der Waals surface area contributed by atoms with Crippen LogP contribution in [0.25, 0.3) is 83.6 Å². The molecule has 0 saturated carbocycles. The van der Waals surface area contributed by atoms with Crippen LogP contribution in [-0.2, 0) is 0 Å². The third kappa shape index (κ3) is 3.68. The normalized spacial score (nSPS) is 11.7. The van der Waals surface area contributed by atoms with Crippen molar-refractivity contribution in [1.82, 2.24) is 14.5 Å². The fraction of sp³-hybridized carbons (Fsp3) is 0. The SMILES string of the molecule is c1ccc(-c2cc(-c3ccccc3)nc(-c3ccc4c(c3)-c3cccc5c6ccccc6n(c35)-c3ccccc3-4)n2)cc1. The van der Waals surface area contributed by atoms with Gasteiger partial charge in [-0.3, -0.25) is 0 Å². The van der Waals surface area contributed by atoms with Crippen molar-refractivity contribution in [2.24, 2.45) is 0 Å². The van der Waals surface area contributed by atoms with E-state index in [4.69, 9.17) is 9.97 Å². The summed E-state index contributed by atoms with van der Waals surface area (Å²) < 4.78 is 2.44. The first-order chi connectivity index (χ1) is 21.3. The first kappa shape index (κ1) is 23.9. The second-order valence-electron chi connectivity index (χ2n) is 11.0. The molecule has 9 rings (SSSR count). The van der Waals surface area contributed by atoms with Gasteiger partial charge in [-0.15, -0.1) is 0 Å². The minimum absolute atomic E-state index is 0.716. The number of nitrogens with zero attached hydrogens (tertiary/aromatic N) is 3. The third-order valence-corrected chi connectivity index (χ3v) is 8.56. The van der Waals surface area contributed by atoms with Gasteiger partial charge in [0.05, 0.1) is 28.1 Å². The average Bonchev–Trinajstić information content (AvgIpc) is 3.37. The highest BCUT2D eigenvalue weighted by Crippen LogP contribution is 2.47. The Hall–Kier alpha value is -5.80. The fourth-order valence-electron chi connectivity index (χ4n) is 6.61. The summed E-state index contributed by atoms with van der Waals surface area (Å²) in [5.74, 6) is 0.716. The van der Waals surface area contributed by atoms with Crippen molar-refractivity contribution in [3.05, 3.63) is 152 Å². The molecule has 0 atom stereocenters. The highest BCUT2D eigenvalue weighted by molar-refractivity contribution is 6.16. The summed E-state index contributed by atoms with van der Waals surface area (Å²) in [5.41, 5.74) is 13.4. The number of benzene rings is 6. The molecule has 0 amide bonds. The van der Waals surface area contributed by atoms with Crippen LogP contribution in [0.5, 0.6) is 0 Å². The molecule has 0 unspecified atom stereocenters. The van der Waals surface area contributed by atoms with Crippen LogP contribution in [0.3, 0.4) is 0 Å². The highest BCUT2D eigenvalue weighted by Gasteiger charge is 2.24. The monoisotopic (exact) mass is 547 g/mol. The lowest BCUT2D eigenvalue weighted by molar-refractivity contribution is 1.18. The molecular weight excluding hydrogens is 522 g/mol. The van der Waals surface area contributed by atoms with Crippen molar-refractivity contribution in [2.45, 2.75) is 0 Å². The molecule has 1 aliphatic heterocycles. The van der Waals surface area contributed by atoms with E-state index in [1.165, 1.54) is 49.7 Å². The summed E-state index contributed by atoms with van der Waals surface area (Å²) >= 11 is 0. The van der Waals surface area contributed by atoms with Crippen molar-refractivity contribution in [2.75, 3.05) is 0 Å². The Kier molecular flexibility index (Phi) is 5.20. The summed E-state index contributed by atoms with van der Waals surface area (Å²) in [7, 11) is 0. The number of aromatic nitrogens is 3. The molecule has 200 valence electrons. The summed E-state index contributed by atoms with van der Waals surface area (Å²) in [5, 5.41) is 2.52. The second kappa shape index (κ2) is 9.37.